The molecule has 112 valence electrons. The van der Waals surface area contributed by atoms with Crippen LogP contribution in [0.25, 0.3) is 11.0 Å². The largest absolute Gasteiger partial charge is 0.409 e. The highest BCUT2D eigenvalue weighted by Gasteiger charge is 2.24. The Morgan fingerprint density at radius 1 is 1.43 bits per heavy atom. The van der Waals surface area contributed by atoms with Crippen LogP contribution in [-0.2, 0) is 6.42 Å². The van der Waals surface area contributed by atoms with Crippen LogP contribution in [0.1, 0.15) is 44.5 Å². The molecule has 1 fully saturated rings. The van der Waals surface area contributed by atoms with E-state index in [1.54, 1.807) is 0 Å². The lowest BCUT2D eigenvalue weighted by molar-refractivity contribution is 0.283. The number of hydrogen-bond acceptors (Lipinski definition) is 3. The molecule has 0 radical (unpaired) electrons. The van der Waals surface area contributed by atoms with Gasteiger partial charge in [-0.3, -0.25) is 0 Å². The van der Waals surface area contributed by atoms with Gasteiger partial charge in [0.2, 0.25) is 0 Å². The summed E-state index contributed by atoms with van der Waals surface area (Å²) in [6.07, 6.45) is 5.29. The van der Waals surface area contributed by atoms with Crippen LogP contribution in [0.3, 0.4) is 0 Å². The van der Waals surface area contributed by atoms with Crippen LogP contribution in [0, 0.1) is 5.92 Å². The number of hydrogen-bond donors (Lipinski definition) is 2. The van der Waals surface area contributed by atoms with E-state index in [0.29, 0.717) is 12.5 Å². The molecule has 3 rings (SSSR count). The summed E-state index contributed by atoms with van der Waals surface area (Å²) in [4.78, 5) is 4.69. The number of nitrogens with two attached hydrogens (primary N) is 1. The van der Waals surface area contributed by atoms with Gasteiger partial charge < -0.3 is 15.5 Å². The van der Waals surface area contributed by atoms with Crippen LogP contribution in [0.15, 0.2) is 29.4 Å². The number of rotatable bonds is 3. The number of amidine groups is 1. The van der Waals surface area contributed by atoms with E-state index in [0.717, 1.165) is 22.8 Å². The molecule has 2 aromatic rings. The number of imidazole rings is 1. The van der Waals surface area contributed by atoms with Crippen LogP contribution in [0.2, 0.25) is 0 Å². The van der Waals surface area contributed by atoms with Crippen molar-refractivity contribution in [3.8, 4) is 0 Å². The van der Waals surface area contributed by atoms with Gasteiger partial charge in [0.1, 0.15) is 11.7 Å². The highest BCUT2D eigenvalue weighted by Crippen LogP contribution is 2.35. The van der Waals surface area contributed by atoms with Crippen molar-refractivity contribution in [2.45, 2.75) is 45.1 Å². The first-order valence-corrected chi connectivity index (χ1v) is 7.61. The van der Waals surface area contributed by atoms with Crippen LogP contribution in [0.5, 0.6) is 0 Å². The number of para-hydroxylation sites is 2. The molecule has 21 heavy (non-hydrogen) atoms. The topological polar surface area (TPSA) is 76.4 Å². The van der Waals surface area contributed by atoms with Gasteiger partial charge in [-0.25, -0.2) is 4.98 Å². The van der Waals surface area contributed by atoms with Gasteiger partial charge in [-0.05, 0) is 30.9 Å². The van der Waals surface area contributed by atoms with Gasteiger partial charge in [0, 0.05) is 6.04 Å². The maximum atomic E-state index is 8.84. The molecule has 0 bridgehead atoms. The highest BCUT2D eigenvalue weighted by molar-refractivity contribution is 5.83. The third kappa shape index (κ3) is 2.73. The van der Waals surface area contributed by atoms with Crippen molar-refractivity contribution in [2.24, 2.45) is 16.8 Å². The summed E-state index contributed by atoms with van der Waals surface area (Å²) in [5.41, 5.74) is 7.83. The van der Waals surface area contributed by atoms with Crippen molar-refractivity contribution in [1.82, 2.24) is 9.55 Å². The third-order valence-electron chi connectivity index (χ3n) is 4.41. The van der Waals surface area contributed by atoms with Crippen LogP contribution in [-0.4, -0.2) is 20.6 Å². The molecule has 1 aromatic carbocycles. The Hall–Kier alpha value is -2.04. The van der Waals surface area contributed by atoms with Gasteiger partial charge >= 0.3 is 0 Å². The van der Waals surface area contributed by atoms with Crippen molar-refractivity contribution in [2.75, 3.05) is 0 Å². The Bertz CT molecular complexity index is 661. The second-order valence-corrected chi connectivity index (χ2v) is 6.08. The number of benzene rings is 1. The molecular weight excluding hydrogens is 264 g/mol. The molecule has 1 aromatic heterocycles. The molecule has 3 N–H and O–H groups in total. The molecule has 0 amide bonds. The predicted octanol–water partition coefficient (Wildman–Crippen LogP) is 3.08. The lowest BCUT2D eigenvalue weighted by Crippen LogP contribution is -2.23. The Balaban J connectivity index is 2.06. The van der Waals surface area contributed by atoms with E-state index in [9.17, 15) is 0 Å². The fourth-order valence-corrected chi connectivity index (χ4v) is 3.46. The zero-order valence-corrected chi connectivity index (χ0v) is 12.4. The quantitative estimate of drug-likeness (QED) is 0.394. The van der Waals surface area contributed by atoms with E-state index in [-0.39, 0.29) is 5.84 Å². The number of fused-ring (bicyclic) bond motifs is 1. The first kappa shape index (κ1) is 13.9. The average Bonchev–Trinajstić information content (AvgIpc) is 2.84. The summed E-state index contributed by atoms with van der Waals surface area (Å²) in [5, 5.41) is 11.9. The summed E-state index contributed by atoms with van der Waals surface area (Å²) in [6, 6.07) is 8.63. The monoisotopic (exact) mass is 286 g/mol. The molecular formula is C16H22N4O. The summed E-state index contributed by atoms with van der Waals surface area (Å²) in [6.45, 7) is 2.31. The predicted molar refractivity (Wildman–Crippen MR) is 83.5 cm³/mol. The van der Waals surface area contributed by atoms with Crippen molar-refractivity contribution in [3.63, 3.8) is 0 Å². The molecule has 5 nitrogen and oxygen atoms in total. The molecule has 2 unspecified atom stereocenters. The normalized spacial score (nSPS) is 23.6. The minimum absolute atomic E-state index is 0.204. The zero-order valence-electron chi connectivity index (χ0n) is 12.4. The first-order chi connectivity index (χ1) is 10.2. The van der Waals surface area contributed by atoms with E-state index < -0.39 is 0 Å². The van der Waals surface area contributed by atoms with Gasteiger partial charge in [0.25, 0.3) is 0 Å². The van der Waals surface area contributed by atoms with Crippen LogP contribution < -0.4 is 5.73 Å². The number of nitrogens with zero attached hydrogens (tertiary/aromatic N) is 3. The standard InChI is InChI=1S/C16H22N4O/c1-11-5-4-6-12(9-11)20-14-8-3-2-7-13(14)18-16(20)10-15(17)19-21/h2-3,7-8,11-12,21H,4-6,9-10H2,1H3,(H2,17,19). The summed E-state index contributed by atoms with van der Waals surface area (Å²) >= 11 is 0. The SMILES string of the molecule is CC1CCCC(n2c(CC(N)=NO)nc3ccccc32)C1. The van der Waals surface area contributed by atoms with E-state index in [1.165, 1.54) is 25.7 Å². The fourth-order valence-electron chi connectivity index (χ4n) is 3.46. The van der Waals surface area contributed by atoms with Crippen molar-refractivity contribution in [1.29, 1.82) is 0 Å². The minimum Gasteiger partial charge on any atom is -0.409 e. The van der Waals surface area contributed by atoms with Gasteiger partial charge in [0.05, 0.1) is 17.5 Å². The van der Waals surface area contributed by atoms with E-state index in [4.69, 9.17) is 15.9 Å². The molecule has 5 heteroatoms. The molecule has 0 aliphatic heterocycles. The second kappa shape index (κ2) is 5.76. The van der Waals surface area contributed by atoms with Crippen molar-refractivity contribution >= 4 is 16.9 Å². The summed E-state index contributed by atoms with van der Waals surface area (Å²) in [7, 11) is 0. The average molecular weight is 286 g/mol. The minimum atomic E-state index is 0.204. The molecule has 1 saturated carbocycles. The maximum Gasteiger partial charge on any atom is 0.146 e. The second-order valence-electron chi connectivity index (χ2n) is 6.08. The van der Waals surface area contributed by atoms with Gasteiger partial charge in [-0.1, -0.05) is 37.1 Å². The Labute approximate surface area is 124 Å². The molecule has 1 heterocycles. The van der Waals surface area contributed by atoms with Crippen molar-refractivity contribution < 1.29 is 5.21 Å². The van der Waals surface area contributed by atoms with E-state index >= 15 is 0 Å². The lowest BCUT2D eigenvalue weighted by atomic mass is 9.86. The van der Waals surface area contributed by atoms with E-state index in [2.05, 4.69) is 22.7 Å². The maximum absolute atomic E-state index is 8.84. The third-order valence-corrected chi connectivity index (χ3v) is 4.41. The van der Waals surface area contributed by atoms with Gasteiger partial charge in [0.15, 0.2) is 0 Å². The van der Waals surface area contributed by atoms with Crippen LogP contribution in [0.4, 0.5) is 0 Å². The molecule has 1 aliphatic rings. The summed E-state index contributed by atoms with van der Waals surface area (Å²) < 4.78 is 2.31. The first-order valence-electron chi connectivity index (χ1n) is 7.61. The Morgan fingerprint density at radius 2 is 2.24 bits per heavy atom. The van der Waals surface area contributed by atoms with Crippen molar-refractivity contribution in [3.05, 3.63) is 30.1 Å². The smallest absolute Gasteiger partial charge is 0.146 e. The summed E-state index contributed by atoms with van der Waals surface area (Å²) in [5.74, 6) is 1.84. The molecule has 2 atom stereocenters. The Kier molecular flexibility index (Phi) is 3.82. The van der Waals surface area contributed by atoms with Gasteiger partial charge in [-0.2, -0.15) is 0 Å². The molecule has 0 saturated heterocycles. The molecule has 0 spiro atoms. The molecule has 1 aliphatic carbocycles. The highest BCUT2D eigenvalue weighted by atomic mass is 16.4. The fraction of sp³-hybridized carbons (Fsp3) is 0.500. The Morgan fingerprint density at radius 3 is 3.00 bits per heavy atom. The number of oxime groups is 1. The lowest BCUT2D eigenvalue weighted by Gasteiger charge is -2.29. The van der Waals surface area contributed by atoms with Crippen LogP contribution >= 0.6 is 0 Å². The number of aromatic nitrogens is 2. The zero-order chi connectivity index (χ0) is 14.8. The van der Waals surface area contributed by atoms with E-state index in [1.807, 2.05) is 18.2 Å². The van der Waals surface area contributed by atoms with Gasteiger partial charge in [-0.15, -0.1) is 0 Å².